The third-order valence-corrected chi connectivity index (χ3v) is 5.31. The monoisotopic (exact) mass is 514 g/mol. The minimum absolute atomic E-state index is 0.0612. The lowest BCUT2D eigenvalue weighted by molar-refractivity contribution is -0.383. The highest BCUT2D eigenvalue weighted by Gasteiger charge is 2.23. The summed E-state index contributed by atoms with van der Waals surface area (Å²) in [5.41, 5.74) is 16.7. The van der Waals surface area contributed by atoms with Crippen LogP contribution >= 0.6 is 0 Å². The second-order valence-corrected chi connectivity index (χ2v) is 8.84. The van der Waals surface area contributed by atoms with Crippen molar-refractivity contribution in [2.75, 3.05) is 12.3 Å². The van der Waals surface area contributed by atoms with Crippen molar-refractivity contribution in [2.45, 2.75) is 38.5 Å². The Morgan fingerprint density at radius 1 is 1.26 bits per heavy atom. The van der Waals surface area contributed by atoms with Crippen LogP contribution in [0.2, 0.25) is 0 Å². The Balaban J connectivity index is 1.90. The van der Waals surface area contributed by atoms with Crippen LogP contribution in [-0.2, 0) is 6.54 Å². The molecule has 1 aromatic carbocycles. The fraction of sp³-hybridized carbons (Fsp3) is 0.269. The molecule has 0 fully saturated rings. The number of anilines is 1. The maximum atomic E-state index is 10.2. The lowest BCUT2D eigenvalue weighted by Gasteiger charge is -2.16. The van der Waals surface area contributed by atoms with Crippen LogP contribution in [0.3, 0.4) is 0 Å². The highest BCUT2D eigenvalue weighted by atomic mass is 16.6. The summed E-state index contributed by atoms with van der Waals surface area (Å²) in [5.74, 6) is 11.6. The van der Waals surface area contributed by atoms with Crippen LogP contribution in [0.5, 0.6) is 5.88 Å². The predicted molar refractivity (Wildman–Crippen MR) is 140 cm³/mol. The van der Waals surface area contributed by atoms with Gasteiger partial charge in [0.2, 0.25) is 5.88 Å². The number of benzene rings is 1. The summed E-state index contributed by atoms with van der Waals surface area (Å²) in [6.07, 6.45) is -0.0123. The molecular weight excluding hydrogens is 486 g/mol. The number of pyridine rings is 1. The lowest BCUT2D eigenvalue weighted by Crippen LogP contribution is -2.54. The third kappa shape index (κ3) is 6.07. The molecule has 12 nitrogen and oxygen atoms in total. The number of aryl methyl sites for hydroxylation is 1. The highest BCUT2D eigenvalue weighted by molar-refractivity contribution is 5.94. The van der Waals surface area contributed by atoms with E-state index in [2.05, 4.69) is 44.7 Å². The summed E-state index contributed by atoms with van der Waals surface area (Å²) >= 11 is 0. The van der Waals surface area contributed by atoms with E-state index in [-0.39, 0.29) is 23.5 Å². The van der Waals surface area contributed by atoms with Crippen molar-refractivity contribution < 1.29 is 20.2 Å². The first kappa shape index (κ1) is 26.2. The first-order chi connectivity index (χ1) is 18.2. The van der Waals surface area contributed by atoms with E-state index in [1.165, 1.54) is 0 Å². The van der Waals surface area contributed by atoms with Crippen molar-refractivity contribution in [1.29, 1.82) is 5.41 Å². The van der Waals surface area contributed by atoms with Gasteiger partial charge in [0.1, 0.15) is 23.4 Å². The topological polar surface area (TPSA) is 203 Å². The minimum Gasteiger partial charge on any atom is -0.463 e. The van der Waals surface area contributed by atoms with E-state index in [9.17, 15) is 5.11 Å². The van der Waals surface area contributed by atoms with E-state index in [0.717, 1.165) is 5.56 Å². The Kier molecular flexibility index (Phi) is 7.58. The van der Waals surface area contributed by atoms with Gasteiger partial charge in [0.25, 0.3) is 0 Å². The number of rotatable bonds is 7. The van der Waals surface area contributed by atoms with Crippen LogP contribution in [0.1, 0.15) is 37.6 Å². The van der Waals surface area contributed by atoms with Crippen molar-refractivity contribution in [3.8, 4) is 41.1 Å². The molecule has 0 aliphatic carbocycles. The van der Waals surface area contributed by atoms with Crippen LogP contribution < -0.4 is 21.9 Å². The second-order valence-electron chi connectivity index (χ2n) is 8.84. The normalized spacial score (nSPS) is 11.8. The number of nitrogens with one attached hydrogen (secondary N) is 1. The second kappa shape index (κ2) is 11.0. The smallest absolute Gasteiger partial charge is 0.217 e. The highest BCUT2D eigenvalue weighted by Crippen LogP contribution is 2.31. The van der Waals surface area contributed by atoms with E-state index >= 15 is 0 Å². The van der Waals surface area contributed by atoms with Crippen molar-refractivity contribution >= 4 is 22.7 Å². The summed E-state index contributed by atoms with van der Waals surface area (Å²) in [7, 11) is 0. The van der Waals surface area contributed by atoms with Gasteiger partial charge in [-0.15, -0.1) is 0 Å². The molecule has 9 N–H and O–H groups in total. The number of nitrogen functional groups attached to an aromatic ring is 1. The van der Waals surface area contributed by atoms with Gasteiger partial charge in [0.15, 0.2) is 29.3 Å². The summed E-state index contributed by atoms with van der Waals surface area (Å²) in [6, 6.07) is 11.4. The number of hydrogen-bond donors (Lipinski definition) is 5. The summed E-state index contributed by atoms with van der Waals surface area (Å²) in [4.78, 5) is 9.34. The summed E-state index contributed by atoms with van der Waals surface area (Å²) in [6.45, 7) is 3.95. The molecule has 0 saturated heterocycles. The maximum Gasteiger partial charge on any atom is 0.217 e. The molecule has 0 saturated carbocycles. The molecule has 0 aliphatic rings. The van der Waals surface area contributed by atoms with Gasteiger partial charge in [-0.3, -0.25) is 5.41 Å². The quantitative estimate of drug-likeness (QED) is 0.135. The lowest BCUT2D eigenvalue weighted by atomic mass is 10.1. The van der Waals surface area contributed by atoms with Gasteiger partial charge in [0.05, 0.1) is 5.52 Å². The van der Waals surface area contributed by atoms with E-state index in [1.807, 2.05) is 34.9 Å². The Morgan fingerprint density at radius 3 is 2.66 bits per heavy atom. The van der Waals surface area contributed by atoms with Crippen molar-refractivity contribution in [1.82, 2.24) is 24.8 Å². The van der Waals surface area contributed by atoms with Crippen LogP contribution in [0.4, 0.5) is 5.82 Å². The molecule has 12 heteroatoms. The molecule has 4 rings (SSSR count). The van der Waals surface area contributed by atoms with Crippen molar-refractivity contribution in [2.24, 2.45) is 5.73 Å². The first-order valence-corrected chi connectivity index (χ1v) is 11.7. The number of quaternary nitrogens is 1. The molecule has 0 aliphatic heterocycles. The average Bonchev–Trinajstić information content (AvgIpc) is 3.46. The number of aliphatic hydroxyl groups is 1. The SMILES string of the molecule is CC(C)(O)C#Cc1nc(O[C@@H](C[NH3+])c2ccccc2)cc2c1nc(-c1nonc1N)n2CCC#CC(=N)N. The Morgan fingerprint density at radius 2 is 2.03 bits per heavy atom. The average molecular weight is 515 g/mol. The number of nitrogens with two attached hydrogens (primary N) is 2. The zero-order valence-corrected chi connectivity index (χ0v) is 21.0. The molecule has 0 bridgehead atoms. The summed E-state index contributed by atoms with van der Waals surface area (Å²) < 4.78 is 12.9. The van der Waals surface area contributed by atoms with E-state index in [4.69, 9.17) is 31.2 Å². The summed E-state index contributed by atoms with van der Waals surface area (Å²) in [5, 5.41) is 25.2. The molecule has 194 valence electrons. The molecule has 3 aromatic heterocycles. The van der Waals surface area contributed by atoms with Crippen molar-refractivity contribution in [3.05, 3.63) is 47.7 Å². The number of aromatic nitrogens is 5. The molecule has 0 spiro atoms. The third-order valence-electron chi connectivity index (χ3n) is 5.31. The van der Waals surface area contributed by atoms with E-state index in [1.54, 1.807) is 19.9 Å². The van der Waals surface area contributed by atoms with Gasteiger partial charge in [0, 0.05) is 19.0 Å². The van der Waals surface area contributed by atoms with Crippen molar-refractivity contribution in [3.63, 3.8) is 0 Å². The van der Waals surface area contributed by atoms with Gasteiger partial charge >= 0.3 is 0 Å². The standard InChI is InChI=1S/C26H27N9O3/c1-26(2,36)12-11-17-22-18(14-21(31-17)37-19(15-27)16-8-4-3-5-9-16)35(13-7-6-10-20(28)29)25(32-22)23-24(30)34-38-33-23/h3-5,8-9,14,19,36H,7,13,15,27H2,1-2H3,(H3,28,29)(H2,30,34)/p+1/t19-/m0/s1. The van der Waals surface area contributed by atoms with Crippen LogP contribution in [0.25, 0.3) is 22.6 Å². The van der Waals surface area contributed by atoms with Crippen LogP contribution in [0, 0.1) is 29.1 Å². The predicted octanol–water partition coefficient (Wildman–Crippen LogP) is 0.877. The fourth-order valence-electron chi connectivity index (χ4n) is 3.65. The number of nitrogens with zero attached hydrogens (tertiary/aromatic N) is 5. The number of amidine groups is 1. The number of imidazole rings is 1. The number of ether oxygens (including phenoxy) is 1. The largest absolute Gasteiger partial charge is 0.463 e. The van der Waals surface area contributed by atoms with Gasteiger partial charge in [-0.2, -0.15) is 0 Å². The molecule has 0 amide bonds. The first-order valence-electron chi connectivity index (χ1n) is 11.7. The minimum atomic E-state index is -1.26. The number of hydrogen-bond acceptors (Lipinski definition) is 9. The van der Waals surface area contributed by atoms with Gasteiger partial charge in [-0.25, -0.2) is 14.6 Å². The fourth-order valence-corrected chi connectivity index (χ4v) is 3.65. The Hall–Kier alpha value is -4.91. The maximum absolute atomic E-state index is 10.2. The molecule has 4 aromatic rings. The number of fused-ring (bicyclic) bond motifs is 1. The molecular formula is C26H28N9O3+. The van der Waals surface area contributed by atoms with E-state index in [0.29, 0.717) is 47.9 Å². The van der Waals surface area contributed by atoms with Crippen LogP contribution in [0.15, 0.2) is 41.0 Å². The zero-order valence-electron chi connectivity index (χ0n) is 21.0. The molecule has 0 unspecified atom stereocenters. The Labute approximate surface area is 218 Å². The van der Waals surface area contributed by atoms with E-state index < -0.39 is 5.60 Å². The van der Waals surface area contributed by atoms with Gasteiger partial charge in [-0.1, -0.05) is 42.2 Å². The molecule has 38 heavy (non-hydrogen) atoms. The molecule has 0 radical (unpaired) electrons. The molecule has 1 atom stereocenters. The van der Waals surface area contributed by atoms with Crippen LogP contribution in [-0.4, -0.2) is 47.9 Å². The zero-order chi connectivity index (χ0) is 27.3. The van der Waals surface area contributed by atoms with Gasteiger partial charge in [-0.05, 0) is 41.6 Å². The van der Waals surface area contributed by atoms with Gasteiger partial charge < -0.3 is 31.6 Å². The molecule has 3 heterocycles. The Bertz CT molecular complexity index is 1580.